The first-order chi connectivity index (χ1) is 14.8. The second-order valence-corrected chi connectivity index (χ2v) is 9.07. The summed E-state index contributed by atoms with van der Waals surface area (Å²) in [5, 5.41) is 17.9. The third-order valence-corrected chi connectivity index (χ3v) is 5.34. The molecule has 0 aliphatic heterocycles. The van der Waals surface area contributed by atoms with Crippen LogP contribution in [-0.4, -0.2) is 43.9 Å². The molecule has 0 saturated heterocycles. The van der Waals surface area contributed by atoms with Gasteiger partial charge in [0, 0.05) is 29.9 Å². The minimum atomic E-state index is -3.61. The van der Waals surface area contributed by atoms with Crippen molar-refractivity contribution in [2.75, 3.05) is 24.7 Å². The van der Waals surface area contributed by atoms with Crippen LogP contribution in [0.15, 0.2) is 48.7 Å². The van der Waals surface area contributed by atoms with Crippen molar-refractivity contribution in [3.8, 4) is 18.1 Å². The number of aromatic nitrogens is 1. The molecule has 3 rings (SSSR count). The van der Waals surface area contributed by atoms with Gasteiger partial charge < -0.3 is 24.9 Å². The highest BCUT2D eigenvalue weighted by molar-refractivity contribution is 7.86. The van der Waals surface area contributed by atoms with E-state index in [0.29, 0.717) is 25.0 Å². The lowest BCUT2D eigenvalue weighted by Crippen LogP contribution is -2.32. The largest absolute Gasteiger partial charge is 0.387 e. The third kappa shape index (κ3) is 6.25. The molecule has 164 valence electrons. The molecule has 2 atom stereocenters. The first-order valence-electron chi connectivity index (χ1n) is 9.94. The average molecular weight is 442 g/mol. The number of para-hydroxylation sites is 1. The zero-order valence-electron chi connectivity index (χ0n) is 17.6. The SMILES string of the molecule is C#CCNc1cccc([C@@H](O)CN[C@H](C)Cc2c[nH]c3c(OS(C)(=O)=O)cccc23)c1. The second kappa shape index (κ2) is 9.88. The van der Waals surface area contributed by atoms with Gasteiger partial charge in [-0.05, 0) is 42.7 Å². The molecule has 0 fully saturated rings. The van der Waals surface area contributed by atoms with Crippen LogP contribution in [0.25, 0.3) is 10.9 Å². The van der Waals surface area contributed by atoms with E-state index in [1.807, 2.05) is 43.5 Å². The van der Waals surface area contributed by atoms with Gasteiger partial charge in [0.05, 0.1) is 24.4 Å². The molecule has 0 unspecified atom stereocenters. The van der Waals surface area contributed by atoms with Crippen molar-refractivity contribution in [3.63, 3.8) is 0 Å². The molecule has 0 radical (unpaired) electrons. The van der Waals surface area contributed by atoms with Crippen LogP contribution >= 0.6 is 0 Å². The van der Waals surface area contributed by atoms with Crippen LogP contribution in [0.1, 0.15) is 24.2 Å². The number of H-pyrrole nitrogens is 1. The molecule has 0 spiro atoms. The number of hydrogen-bond acceptors (Lipinski definition) is 6. The minimum Gasteiger partial charge on any atom is -0.387 e. The van der Waals surface area contributed by atoms with E-state index < -0.39 is 16.2 Å². The first-order valence-corrected chi connectivity index (χ1v) is 11.8. The van der Waals surface area contributed by atoms with Crippen molar-refractivity contribution in [3.05, 3.63) is 59.8 Å². The normalized spacial score (nSPS) is 13.5. The predicted octanol–water partition coefficient (Wildman–Crippen LogP) is 2.81. The number of benzene rings is 2. The lowest BCUT2D eigenvalue weighted by Gasteiger charge is -2.18. The van der Waals surface area contributed by atoms with Crippen molar-refractivity contribution in [2.24, 2.45) is 0 Å². The summed E-state index contributed by atoms with van der Waals surface area (Å²) >= 11 is 0. The van der Waals surface area contributed by atoms with E-state index in [9.17, 15) is 13.5 Å². The van der Waals surface area contributed by atoms with Gasteiger partial charge in [0.2, 0.25) is 0 Å². The van der Waals surface area contributed by atoms with Crippen LogP contribution in [0.2, 0.25) is 0 Å². The van der Waals surface area contributed by atoms with Gasteiger partial charge in [0.1, 0.15) is 0 Å². The molecule has 31 heavy (non-hydrogen) atoms. The number of anilines is 1. The van der Waals surface area contributed by atoms with E-state index in [4.69, 9.17) is 10.6 Å². The molecule has 0 amide bonds. The number of hydrogen-bond donors (Lipinski definition) is 4. The number of terminal acetylenes is 1. The highest BCUT2D eigenvalue weighted by Gasteiger charge is 2.15. The van der Waals surface area contributed by atoms with Crippen LogP contribution in [0, 0.1) is 12.3 Å². The van der Waals surface area contributed by atoms with E-state index in [1.54, 1.807) is 12.1 Å². The number of aliphatic hydroxyl groups is 1. The molecule has 0 saturated carbocycles. The van der Waals surface area contributed by atoms with Gasteiger partial charge in [0.25, 0.3) is 0 Å². The van der Waals surface area contributed by atoms with Crippen LogP contribution in [0.5, 0.6) is 5.75 Å². The van der Waals surface area contributed by atoms with Crippen LogP contribution in [-0.2, 0) is 16.5 Å². The summed E-state index contributed by atoms with van der Waals surface area (Å²) < 4.78 is 28.0. The average Bonchev–Trinajstić information content (AvgIpc) is 3.13. The van der Waals surface area contributed by atoms with Gasteiger partial charge in [0.15, 0.2) is 5.75 Å². The molecule has 0 bridgehead atoms. The van der Waals surface area contributed by atoms with Crippen molar-refractivity contribution in [1.82, 2.24) is 10.3 Å². The number of nitrogens with one attached hydrogen (secondary N) is 3. The molecule has 7 nitrogen and oxygen atoms in total. The maximum atomic E-state index is 11.5. The predicted molar refractivity (Wildman–Crippen MR) is 124 cm³/mol. The van der Waals surface area contributed by atoms with E-state index in [-0.39, 0.29) is 11.8 Å². The Bertz CT molecular complexity index is 1180. The molecule has 8 heteroatoms. The molecule has 2 aromatic carbocycles. The fourth-order valence-corrected chi connectivity index (χ4v) is 3.89. The van der Waals surface area contributed by atoms with Crippen molar-refractivity contribution >= 4 is 26.7 Å². The van der Waals surface area contributed by atoms with Gasteiger partial charge >= 0.3 is 10.1 Å². The molecule has 0 aliphatic carbocycles. The Morgan fingerprint density at radius 1 is 1.26 bits per heavy atom. The van der Waals surface area contributed by atoms with Gasteiger partial charge in [-0.15, -0.1) is 6.42 Å². The van der Waals surface area contributed by atoms with E-state index >= 15 is 0 Å². The third-order valence-electron chi connectivity index (χ3n) is 4.86. The number of aromatic amines is 1. The maximum absolute atomic E-state index is 11.5. The summed E-state index contributed by atoms with van der Waals surface area (Å²) in [7, 11) is -3.61. The number of aliphatic hydroxyl groups excluding tert-OH is 1. The first kappa shape index (κ1) is 22.7. The number of fused-ring (bicyclic) bond motifs is 1. The summed E-state index contributed by atoms with van der Waals surface area (Å²) in [5.41, 5.74) is 3.35. The summed E-state index contributed by atoms with van der Waals surface area (Å²) in [6.45, 7) is 2.86. The topological polar surface area (TPSA) is 103 Å². The van der Waals surface area contributed by atoms with Crippen molar-refractivity contribution < 1.29 is 17.7 Å². The van der Waals surface area contributed by atoms with Crippen LogP contribution in [0.3, 0.4) is 0 Å². The molecular formula is C23H27N3O4S. The highest BCUT2D eigenvalue weighted by atomic mass is 32.2. The maximum Gasteiger partial charge on any atom is 0.306 e. The van der Waals surface area contributed by atoms with Gasteiger partial charge in [-0.2, -0.15) is 8.42 Å². The quantitative estimate of drug-likeness (QED) is 0.285. The Labute approximate surface area is 183 Å². The van der Waals surface area contributed by atoms with Gasteiger partial charge in [-0.25, -0.2) is 0 Å². The highest BCUT2D eigenvalue weighted by Crippen LogP contribution is 2.29. The molecule has 4 N–H and O–H groups in total. The van der Waals surface area contributed by atoms with E-state index in [1.165, 1.54) is 0 Å². The Morgan fingerprint density at radius 2 is 2.03 bits per heavy atom. The zero-order valence-corrected chi connectivity index (χ0v) is 18.4. The van der Waals surface area contributed by atoms with E-state index in [2.05, 4.69) is 21.5 Å². The summed E-state index contributed by atoms with van der Waals surface area (Å²) in [4.78, 5) is 3.11. The van der Waals surface area contributed by atoms with Crippen molar-refractivity contribution in [1.29, 1.82) is 0 Å². The molecule has 3 aromatic rings. The molecule has 0 aliphatic rings. The molecule has 1 aromatic heterocycles. The molecule has 1 heterocycles. The fourth-order valence-electron chi connectivity index (χ4n) is 3.43. The Morgan fingerprint density at radius 3 is 2.77 bits per heavy atom. The monoisotopic (exact) mass is 441 g/mol. The Hall–Kier alpha value is -2.99. The summed E-state index contributed by atoms with van der Waals surface area (Å²) in [5.74, 6) is 2.81. The van der Waals surface area contributed by atoms with Gasteiger partial charge in [-0.3, -0.25) is 0 Å². The smallest absolute Gasteiger partial charge is 0.306 e. The van der Waals surface area contributed by atoms with E-state index in [0.717, 1.165) is 28.5 Å². The van der Waals surface area contributed by atoms with Crippen molar-refractivity contribution in [2.45, 2.75) is 25.5 Å². The Balaban J connectivity index is 1.62. The summed E-state index contributed by atoms with van der Waals surface area (Å²) in [6, 6.07) is 12.9. The Kier molecular flexibility index (Phi) is 7.23. The minimum absolute atomic E-state index is 0.0795. The zero-order chi connectivity index (χ0) is 22.4. The molecular weight excluding hydrogens is 414 g/mol. The lowest BCUT2D eigenvalue weighted by molar-refractivity contribution is 0.170. The second-order valence-electron chi connectivity index (χ2n) is 7.49. The van der Waals surface area contributed by atoms with Crippen LogP contribution < -0.4 is 14.8 Å². The van der Waals surface area contributed by atoms with Crippen LogP contribution in [0.4, 0.5) is 5.69 Å². The number of rotatable bonds is 10. The van der Waals surface area contributed by atoms with Gasteiger partial charge in [-0.1, -0.05) is 30.2 Å². The standard InChI is InChI=1S/C23H27N3O4S/c1-4-11-24-19-8-5-7-17(13-19)21(27)15-25-16(2)12-18-14-26-23-20(18)9-6-10-22(23)30-31(3,28)29/h1,5-10,13-14,16,21,24-27H,11-12,15H2,2-3H3/t16-,21+/m1/s1. The fraction of sp³-hybridized carbons (Fsp3) is 0.304. The lowest BCUT2D eigenvalue weighted by atomic mass is 10.0. The summed E-state index contributed by atoms with van der Waals surface area (Å²) in [6.07, 6.45) is 8.18.